The quantitative estimate of drug-likeness (QED) is 0.556. The molecule has 4 bridgehead atoms. The van der Waals surface area contributed by atoms with Crippen molar-refractivity contribution in [2.24, 2.45) is 23.2 Å². The van der Waals surface area contributed by atoms with Crippen molar-refractivity contribution in [2.45, 2.75) is 44.9 Å². The number of amides is 2. The highest BCUT2D eigenvalue weighted by molar-refractivity contribution is 5.94. The van der Waals surface area contributed by atoms with E-state index in [-0.39, 0.29) is 30.5 Å². The minimum Gasteiger partial charge on any atom is -0.355 e. The fourth-order valence-corrected chi connectivity index (χ4v) is 6.01. The zero-order chi connectivity index (χ0) is 19.7. The zero-order valence-corrected chi connectivity index (χ0v) is 16.0. The summed E-state index contributed by atoms with van der Waals surface area (Å²) in [4.78, 5) is 34.5. The molecule has 5 rings (SSSR count). The van der Waals surface area contributed by atoms with E-state index >= 15 is 0 Å². The smallest absolute Gasteiger partial charge is 0.269 e. The maximum absolute atomic E-state index is 12.2. The van der Waals surface area contributed by atoms with Gasteiger partial charge in [0.2, 0.25) is 5.91 Å². The van der Waals surface area contributed by atoms with E-state index in [1.807, 2.05) is 0 Å². The van der Waals surface area contributed by atoms with Gasteiger partial charge in [-0.1, -0.05) is 0 Å². The predicted molar refractivity (Wildman–Crippen MR) is 104 cm³/mol. The van der Waals surface area contributed by atoms with Crippen LogP contribution in [0.2, 0.25) is 0 Å². The van der Waals surface area contributed by atoms with Gasteiger partial charge in [0, 0.05) is 37.2 Å². The average Bonchev–Trinajstić information content (AvgIpc) is 2.65. The van der Waals surface area contributed by atoms with Crippen LogP contribution in [-0.4, -0.2) is 29.8 Å². The highest BCUT2D eigenvalue weighted by Gasteiger charge is 2.50. The number of rotatable bonds is 7. The van der Waals surface area contributed by atoms with Gasteiger partial charge < -0.3 is 10.6 Å². The Balaban J connectivity index is 1.20. The molecule has 150 valence electrons. The number of nitro benzene ring substituents is 1. The van der Waals surface area contributed by atoms with Crippen molar-refractivity contribution in [1.82, 2.24) is 10.6 Å². The molecule has 2 N–H and O–H groups in total. The van der Waals surface area contributed by atoms with E-state index in [2.05, 4.69) is 10.6 Å². The maximum Gasteiger partial charge on any atom is 0.269 e. The fourth-order valence-electron chi connectivity index (χ4n) is 6.01. The molecular weight excluding hydrogens is 358 g/mol. The van der Waals surface area contributed by atoms with Crippen LogP contribution in [0.25, 0.3) is 0 Å². The van der Waals surface area contributed by atoms with Crippen molar-refractivity contribution in [3.63, 3.8) is 0 Å². The second kappa shape index (κ2) is 7.53. The van der Waals surface area contributed by atoms with Crippen LogP contribution < -0.4 is 10.6 Å². The minimum atomic E-state index is -0.504. The van der Waals surface area contributed by atoms with Gasteiger partial charge in [0.05, 0.1) is 4.92 Å². The Morgan fingerprint density at radius 2 is 1.57 bits per heavy atom. The van der Waals surface area contributed by atoms with Gasteiger partial charge in [0.25, 0.3) is 11.6 Å². The van der Waals surface area contributed by atoms with Crippen LogP contribution in [0.1, 0.15) is 55.3 Å². The normalized spacial score (nSPS) is 30.1. The molecule has 1 aromatic rings. The van der Waals surface area contributed by atoms with Crippen LogP contribution in [0, 0.1) is 33.3 Å². The third-order valence-electron chi connectivity index (χ3n) is 6.80. The van der Waals surface area contributed by atoms with Gasteiger partial charge in [-0.2, -0.15) is 0 Å². The molecule has 0 heterocycles. The maximum atomic E-state index is 12.2. The van der Waals surface area contributed by atoms with E-state index in [9.17, 15) is 19.7 Å². The molecule has 0 aromatic heterocycles. The first-order valence-corrected chi connectivity index (χ1v) is 10.2. The zero-order valence-electron chi connectivity index (χ0n) is 16.0. The Kier molecular flexibility index (Phi) is 5.08. The molecule has 4 aliphatic carbocycles. The summed E-state index contributed by atoms with van der Waals surface area (Å²) >= 11 is 0. The lowest BCUT2D eigenvalue weighted by atomic mass is 9.49. The molecule has 4 aliphatic rings. The first-order chi connectivity index (χ1) is 13.4. The number of carbonyl (C=O) groups excluding carboxylic acids is 2. The lowest BCUT2D eigenvalue weighted by Gasteiger charge is -2.56. The molecule has 0 saturated heterocycles. The summed E-state index contributed by atoms with van der Waals surface area (Å²) in [7, 11) is 0. The van der Waals surface area contributed by atoms with Crippen LogP contribution in [0.4, 0.5) is 5.69 Å². The van der Waals surface area contributed by atoms with E-state index in [0.29, 0.717) is 11.0 Å². The highest BCUT2D eigenvalue weighted by Crippen LogP contribution is 2.59. The Morgan fingerprint density at radius 1 is 1.00 bits per heavy atom. The van der Waals surface area contributed by atoms with Crippen LogP contribution in [-0.2, 0) is 4.79 Å². The molecule has 7 heteroatoms. The Hall–Kier alpha value is -2.44. The summed E-state index contributed by atoms with van der Waals surface area (Å²) < 4.78 is 0. The van der Waals surface area contributed by atoms with Crippen molar-refractivity contribution in [1.29, 1.82) is 0 Å². The lowest BCUT2D eigenvalue weighted by molar-refractivity contribution is -0.384. The molecule has 0 radical (unpaired) electrons. The van der Waals surface area contributed by atoms with Crippen molar-refractivity contribution < 1.29 is 14.5 Å². The van der Waals surface area contributed by atoms with E-state index in [4.69, 9.17) is 0 Å². The molecule has 7 nitrogen and oxygen atoms in total. The van der Waals surface area contributed by atoms with Gasteiger partial charge in [-0.05, 0) is 73.8 Å². The van der Waals surface area contributed by atoms with Crippen molar-refractivity contribution in [3.05, 3.63) is 39.9 Å². The standard InChI is InChI=1S/C21H27N3O4/c25-19(5-6-22-20(26)17-1-3-18(4-2-17)24(27)28)23-13-21-10-14-7-15(11-21)9-16(8-14)12-21/h1-4,14-16H,5-13H2,(H,22,26)(H,23,25). The van der Waals surface area contributed by atoms with Gasteiger partial charge >= 0.3 is 0 Å². The topological polar surface area (TPSA) is 101 Å². The molecule has 1 aromatic carbocycles. The average molecular weight is 385 g/mol. The third-order valence-corrected chi connectivity index (χ3v) is 6.80. The Morgan fingerprint density at radius 3 is 2.11 bits per heavy atom. The predicted octanol–water partition coefficient (Wildman–Crippen LogP) is 3.05. The SMILES string of the molecule is O=C(CCNC(=O)c1ccc([N+](=O)[O-])cc1)NCC12CC3CC(CC(C3)C1)C2. The number of hydrogen-bond donors (Lipinski definition) is 2. The third kappa shape index (κ3) is 4.03. The van der Waals surface area contributed by atoms with Gasteiger partial charge in [-0.3, -0.25) is 19.7 Å². The van der Waals surface area contributed by atoms with Crippen LogP contribution in [0.15, 0.2) is 24.3 Å². The molecule has 0 unspecified atom stereocenters. The summed E-state index contributed by atoms with van der Waals surface area (Å²) in [5.74, 6) is 2.24. The Labute approximate surface area is 164 Å². The van der Waals surface area contributed by atoms with Crippen molar-refractivity contribution >= 4 is 17.5 Å². The minimum absolute atomic E-state index is 0.0280. The number of benzene rings is 1. The van der Waals surface area contributed by atoms with Crippen molar-refractivity contribution in [2.75, 3.05) is 13.1 Å². The summed E-state index contributed by atoms with van der Waals surface area (Å²) in [6.07, 6.45) is 8.19. The van der Waals surface area contributed by atoms with Gasteiger partial charge in [-0.15, -0.1) is 0 Å². The van der Waals surface area contributed by atoms with Gasteiger partial charge in [0.15, 0.2) is 0 Å². The van der Waals surface area contributed by atoms with Crippen LogP contribution in [0.5, 0.6) is 0 Å². The first-order valence-electron chi connectivity index (χ1n) is 10.2. The lowest BCUT2D eigenvalue weighted by Crippen LogP contribution is -2.51. The van der Waals surface area contributed by atoms with Gasteiger partial charge in [-0.25, -0.2) is 0 Å². The van der Waals surface area contributed by atoms with Crippen molar-refractivity contribution in [3.8, 4) is 0 Å². The van der Waals surface area contributed by atoms with E-state index in [1.165, 1.54) is 62.8 Å². The van der Waals surface area contributed by atoms with E-state index in [0.717, 1.165) is 24.3 Å². The number of non-ortho nitro benzene ring substituents is 1. The summed E-state index contributed by atoms with van der Waals surface area (Å²) in [6.45, 7) is 1.02. The second-order valence-corrected chi connectivity index (χ2v) is 9.00. The molecule has 0 atom stereocenters. The molecule has 4 saturated carbocycles. The van der Waals surface area contributed by atoms with Crippen LogP contribution in [0.3, 0.4) is 0 Å². The number of hydrogen-bond acceptors (Lipinski definition) is 4. The summed E-state index contributed by atoms with van der Waals surface area (Å²) in [5, 5.41) is 16.5. The molecular formula is C21H27N3O4. The van der Waals surface area contributed by atoms with E-state index < -0.39 is 4.92 Å². The molecule has 4 fully saturated rings. The fraction of sp³-hybridized carbons (Fsp3) is 0.619. The molecule has 0 spiro atoms. The first kappa shape index (κ1) is 18.9. The molecule has 2 amide bonds. The molecule has 0 aliphatic heterocycles. The Bertz CT molecular complexity index is 739. The second-order valence-electron chi connectivity index (χ2n) is 9.00. The number of nitro groups is 1. The summed E-state index contributed by atoms with van der Waals surface area (Å²) in [5.41, 5.74) is 0.604. The largest absolute Gasteiger partial charge is 0.355 e. The number of carbonyl (C=O) groups is 2. The van der Waals surface area contributed by atoms with Crippen LogP contribution >= 0.6 is 0 Å². The monoisotopic (exact) mass is 385 g/mol. The van der Waals surface area contributed by atoms with Gasteiger partial charge in [0.1, 0.15) is 0 Å². The summed E-state index contributed by atoms with van der Waals surface area (Å²) in [6, 6.07) is 5.43. The van der Waals surface area contributed by atoms with E-state index in [1.54, 1.807) is 0 Å². The molecule has 28 heavy (non-hydrogen) atoms. The highest BCUT2D eigenvalue weighted by atomic mass is 16.6. The number of nitrogens with zero attached hydrogens (tertiary/aromatic N) is 1. The number of nitrogens with one attached hydrogen (secondary N) is 2.